The highest BCUT2D eigenvalue weighted by atomic mass is 79.9. The summed E-state index contributed by atoms with van der Waals surface area (Å²) in [7, 11) is 0. The van der Waals surface area contributed by atoms with Gasteiger partial charge in [0.25, 0.3) is 5.91 Å². The van der Waals surface area contributed by atoms with E-state index < -0.39 is 5.91 Å². The van der Waals surface area contributed by atoms with Crippen LogP contribution in [-0.4, -0.2) is 11.0 Å². The standard InChI is InChI=1S/C10H8BrNO2/c11-9-3-1-7(2-4-10(12)14)5-8(9)6-13/h1,3,5,13H,6H2,(H2,12,14). The monoisotopic (exact) mass is 253 g/mol. The summed E-state index contributed by atoms with van der Waals surface area (Å²) in [6.45, 7) is -0.0767. The molecule has 0 aliphatic heterocycles. The van der Waals surface area contributed by atoms with Crippen molar-refractivity contribution in [1.29, 1.82) is 0 Å². The maximum absolute atomic E-state index is 10.4. The second-order valence-electron chi connectivity index (χ2n) is 2.58. The molecule has 0 aliphatic rings. The Hall–Kier alpha value is -1.31. The average molecular weight is 254 g/mol. The van der Waals surface area contributed by atoms with Crippen LogP contribution in [0.3, 0.4) is 0 Å². The lowest BCUT2D eigenvalue weighted by atomic mass is 10.1. The lowest BCUT2D eigenvalue weighted by Gasteiger charge is -2.00. The van der Waals surface area contributed by atoms with Gasteiger partial charge in [-0.2, -0.15) is 0 Å². The number of hydrogen-bond acceptors (Lipinski definition) is 2. The van der Waals surface area contributed by atoms with Gasteiger partial charge < -0.3 is 10.8 Å². The summed E-state index contributed by atoms with van der Waals surface area (Å²) in [5.41, 5.74) is 6.24. The van der Waals surface area contributed by atoms with Crippen LogP contribution < -0.4 is 5.73 Å². The van der Waals surface area contributed by atoms with Gasteiger partial charge in [-0.1, -0.05) is 21.9 Å². The minimum absolute atomic E-state index is 0.0767. The first kappa shape index (κ1) is 10.8. The van der Waals surface area contributed by atoms with Gasteiger partial charge in [0.2, 0.25) is 0 Å². The summed E-state index contributed by atoms with van der Waals surface area (Å²) >= 11 is 3.27. The molecular weight excluding hydrogens is 246 g/mol. The Morgan fingerprint density at radius 1 is 1.57 bits per heavy atom. The van der Waals surface area contributed by atoms with Gasteiger partial charge in [0.1, 0.15) is 0 Å². The van der Waals surface area contributed by atoms with Crippen LogP contribution in [0.25, 0.3) is 0 Å². The van der Waals surface area contributed by atoms with Gasteiger partial charge in [-0.3, -0.25) is 4.79 Å². The first-order valence-electron chi connectivity index (χ1n) is 3.84. The zero-order valence-electron chi connectivity index (χ0n) is 7.25. The van der Waals surface area contributed by atoms with Crippen LogP contribution in [0.2, 0.25) is 0 Å². The molecule has 0 heterocycles. The minimum Gasteiger partial charge on any atom is -0.392 e. The number of aliphatic hydroxyl groups excluding tert-OH is 1. The Morgan fingerprint density at radius 3 is 2.86 bits per heavy atom. The molecule has 1 amide bonds. The Kier molecular flexibility index (Phi) is 3.69. The van der Waals surface area contributed by atoms with Crippen LogP contribution in [0, 0.1) is 11.8 Å². The first-order chi connectivity index (χ1) is 6.63. The van der Waals surface area contributed by atoms with Gasteiger partial charge >= 0.3 is 0 Å². The van der Waals surface area contributed by atoms with Crippen molar-refractivity contribution >= 4 is 21.8 Å². The van der Waals surface area contributed by atoms with Crippen LogP contribution in [0.1, 0.15) is 11.1 Å². The fraction of sp³-hybridized carbons (Fsp3) is 0.100. The van der Waals surface area contributed by atoms with E-state index in [1.54, 1.807) is 18.2 Å². The van der Waals surface area contributed by atoms with E-state index in [4.69, 9.17) is 10.8 Å². The third-order valence-electron chi connectivity index (χ3n) is 1.55. The normalized spacial score (nSPS) is 9.00. The molecule has 72 valence electrons. The molecule has 0 aliphatic carbocycles. The topological polar surface area (TPSA) is 63.3 Å². The molecule has 0 bridgehead atoms. The SMILES string of the molecule is NC(=O)C#Cc1ccc(Br)c(CO)c1. The van der Waals surface area contributed by atoms with Crippen molar-refractivity contribution in [2.75, 3.05) is 0 Å². The van der Waals surface area contributed by atoms with E-state index in [9.17, 15) is 4.79 Å². The van der Waals surface area contributed by atoms with Gasteiger partial charge in [-0.05, 0) is 29.7 Å². The van der Waals surface area contributed by atoms with E-state index in [1.807, 2.05) is 0 Å². The molecule has 3 nitrogen and oxygen atoms in total. The van der Waals surface area contributed by atoms with E-state index in [1.165, 1.54) is 0 Å². The van der Waals surface area contributed by atoms with Crippen molar-refractivity contribution in [3.63, 3.8) is 0 Å². The summed E-state index contributed by atoms with van der Waals surface area (Å²) in [4.78, 5) is 10.4. The molecule has 0 fully saturated rings. The molecule has 4 heteroatoms. The minimum atomic E-state index is -0.668. The fourth-order valence-corrected chi connectivity index (χ4v) is 1.28. The molecule has 1 aromatic carbocycles. The third kappa shape index (κ3) is 2.87. The van der Waals surface area contributed by atoms with E-state index >= 15 is 0 Å². The second-order valence-corrected chi connectivity index (χ2v) is 3.43. The van der Waals surface area contributed by atoms with Crippen LogP contribution in [0.4, 0.5) is 0 Å². The van der Waals surface area contributed by atoms with Crippen LogP contribution in [0.15, 0.2) is 22.7 Å². The highest BCUT2D eigenvalue weighted by Gasteiger charge is 1.98. The van der Waals surface area contributed by atoms with Gasteiger partial charge in [0.15, 0.2) is 0 Å². The van der Waals surface area contributed by atoms with Crippen molar-refractivity contribution in [1.82, 2.24) is 0 Å². The Bertz CT molecular complexity index is 418. The van der Waals surface area contributed by atoms with Crippen LogP contribution >= 0.6 is 15.9 Å². The molecule has 1 rings (SSSR count). The number of hydrogen-bond donors (Lipinski definition) is 2. The molecule has 14 heavy (non-hydrogen) atoms. The highest BCUT2D eigenvalue weighted by molar-refractivity contribution is 9.10. The number of carbonyl (C=O) groups excluding carboxylic acids is 1. The number of aliphatic hydroxyl groups is 1. The van der Waals surface area contributed by atoms with Gasteiger partial charge in [0.05, 0.1) is 6.61 Å². The van der Waals surface area contributed by atoms with E-state index in [-0.39, 0.29) is 6.61 Å². The van der Waals surface area contributed by atoms with Gasteiger partial charge in [-0.25, -0.2) is 0 Å². The van der Waals surface area contributed by atoms with Crippen LogP contribution in [-0.2, 0) is 11.4 Å². The maximum Gasteiger partial charge on any atom is 0.293 e. The third-order valence-corrected chi connectivity index (χ3v) is 2.32. The number of rotatable bonds is 1. The van der Waals surface area contributed by atoms with Gasteiger partial charge in [0, 0.05) is 10.0 Å². The molecule has 0 unspecified atom stereocenters. The summed E-state index contributed by atoms with van der Waals surface area (Å²) in [5, 5.41) is 8.95. The van der Waals surface area contributed by atoms with Gasteiger partial charge in [-0.15, -0.1) is 0 Å². The predicted octanol–water partition coefficient (Wildman–Crippen LogP) is 0.778. The molecule has 0 saturated heterocycles. The highest BCUT2D eigenvalue weighted by Crippen LogP contribution is 2.17. The van der Waals surface area contributed by atoms with Crippen molar-refractivity contribution in [3.8, 4) is 11.8 Å². The Morgan fingerprint density at radius 2 is 2.29 bits per heavy atom. The molecule has 0 radical (unpaired) electrons. The summed E-state index contributed by atoms with van der Waals surface area (Å²) in [6.07, 6.45) is 0. The molecule has 0 aromatic heterocycles. The lowest BCUT2D eigenvalue weighted by Crippen LogP contribution is -2.06. The Balaban J connectivity index is 3.03. The smallest absolute Gasteiger partial charge is 0.293 e. The van der Waals surface area contributed by atoms with Crippen molar-refractivity contribution in [2.45, 2.75) is 6.61 Å². The predicted molar refractivity (Wildman–Crippen MR) is 56.1 cm³/mol. The summed E-state index contributed by atoms with van der Waals surface area (Å²) < 4.78 is 0.810. The number of primary amides is 1. The average Bonchev–Trinajstić information content (AvgIpc) is 2.16. The zero-order chi connectivity index (χ0) is 10.6. The molecule has 1 aromatic rings. The number of carbonyl (C=O) groups is 1. The van der Waals surface area contributed by atoms with E-state index in [0.717, 1.165) is 10.0 Å². The van der Waals surface area contributed by atoms with Crippen molar-refractivity contribution in [3.05, 3.63) is 33.8 Å². The maximum atomic E-state index is 10.4. The first-order valence-corrected chi connectivity index (χ1v) is 4.63. The zero-order valence-corrected chi connectivity index (χ0v) is 8.84. The Labute approximate surface area is 90.1 Å². The molecule has 0 saturated carbocycles. The number of amides is 1. The van der Waals surface area contributed by atoms with Crippen molar-refractivity contribution in [2.24, 2.45) is 5.73 Å². The second kappa shape index (κ2) is 4.80. The molecule has 0 spiro atoms. The molecular formula is C10H8BrNO2. The summed E-state index contributed by atoms with van der Waals surface area (Å²) in [6, 6.07) is 5.19. The largest absolute Gasteiger partial charge is 0.392 e. The number of nitrogens with two attached hydrogens (primary N) is 1. The molecule has 3 N–H and O–H groups in total. The van der Waals surface area contributed by atoms with E-state index in [0.29, 0.717) is 5.56 Å². The van der Waals surface area contributed by atoms with Crippen LogP contribution in [0.5, 0.6) is 0 Å². The quantitative estimate of drug-likeness (QED) is 0.727. The fourth-order valence-electron chi connectivity index (χ4n) is 0.907. The van der Waals surface area contributed by atoms with E-state index in [2.05, 4.69) is 27.8 Å². The number of halogens is 1. The van der Waals surface area contributed by atoms with Crippen molar-refractivity contribution < 1.29 is 9.90 Å². The summed E-state index contributed by atoms with van der Waals surface area (Å²) in [5.74, 6) is 4.15. The molecule has 0 atom stereocenters. The number of benzene rings is 1. The lowest BCUT2D eigenvalue weighted by molar-refractivity contribution is -0.112.